The summed E-state index contributed by atoms with van der Waals surface area (Å²) >= 11 is 0. The van der Waals surface area contributed by atoms with E-state index in [2.05, 4.69) is 0 Å². The summed E-state index contributed by atoms with van der Waals surface area (Å²) in [6.07, 6.45) is 1.84. The molecule has 0 N–H and O–H groups in total. The van der Waals surface area contributed by atoms with Crippen LogP contribution < -0.4 is 0 Å². The summed E-state index contributed by atoms with van der Waals surface area (Å²) < 4.78 is 15.7. The Morgan fingerprint density at radius 2 is 2.00 bits per heavy atom. The number of carbonyl (C=O) groups is 2. The Labute approximate surface area is 98.7 Å². The van der Waals surface area contributed by atoms with E-state index < -0.39 is 18.2 Å². The average molecular weight is 238 g/mol. The van der Waals surface area contributed by atoms with Crippen molar-refractivity contribution >= 4 is 11.9 Å². The van der Waals surface area contributed by atoms with Gasteiger partial charge in [-0.25, -0.2) is 0 Å². The van der Waals surface area contributed by atoms with Crippen molar-refractivity contribution in [2.24, 2.45) is 0 Å². The first-order valence-corrected chi connectivity index (χ1v) is 5.48. The molecule has 5 nitrogen and oxygen atoms in total. The zero-order valence-corrected chi connectivity index (χ0v) is 9.76. The van der Waals surface area contributed by atoms with Gasteiger partial charge in [0.2, 0.25) is 0 Å². The zero-order chi connectivity index (χ0) is 12.4. The predicted octanol–water partition coefficient (Wildman–Crippen LogP) is 1.76. The van der Waals surface area contributed by atoms with Crippen LogP contribution in [0, 0.1) is 0 Å². The molecule has 17 heavy (non-hydrogen) atoms. The monoisotopic (exact) mass is 238 g/mol. The van der Waals surface area contributed by atoms with Crippen LogP contribution >= 0.6 is 0 Å². The molecule has 0 bridgehead atoms. The normalized spacial score (nSPS) is 22.7. The number of rotatable bonds is 2. The fraction of sp³-hybridized carbons (Fsp3) is 0.500. The average Bonchev–Trinajstić information content (AvgIpc) is 2.68. The Morgan fingerprint density at radius 3 is 2.65 bits per heavy atom. The summed E-state index contributed by atoms with van der Waals surface area (Å²) in [4.78, 5) is 22.1. The van der Waals surface area contributed by atoms with Crippen molar-refractivity contribution < 1.29 is 23.5 Å². The molecule has 1 heterocycles. The third-order valence-corrected chi connectivity index (χ3v) is 2.69. The van der Waals surface area contributed by atoms with E-state index in [1.54, 1.807) is 12.3 Å². The maximum Gasteiger partial charge on any atom is 0.303 e. The van der Waals surface area contributed by atoms with Crippen molar-refractivity contribution in [1.82, 2.24) is 0 Å². The van der Waals surface area contributed by atoms with Crippen molar-refractivity contribution in [1.29, 1.82) is 0 Å². The molecule has 0 saturated carbocycles. The topological polar surface area (TPSA) is 65.7 Å². The van der Waals surface area contributed by atoms with Crippen molar-refractivity contribution in [3.63, 3.8) is 0 Å². The summed E-state index contributed by atoms with van der Waals surface area (Å²) in [5, 5.41) is 0. The van der Waals surface area contributed by atoms with Crippen molar-refractivity contribution in [2.45, 2.75) is 38.9 Å². The van der Waals surface area contributed by atoms with Gasteiger partial charge in [0.15, 0.2) is 6.10 Å². The lowest BCUT2D eigenvalue weighted by Gasteiger charge is -2.29. The molecule has 0 spiro atoms. The molecule has 0 unspecified atom stereocenters. The first-order valence-electron chi connectivity index (χ1n) is 5.48. The standard InChI is InChI=1S/C12H14O5/c1-7(13)16-11-4-3-10-9(5-6-15-10)12(11)17-8(2)14/h5-6,11-12H,3-4H2,1-2H3/t11-,12+/m0/s1. The van der Waals surface area contributed by atoms with Crippen LogP contribution in [0.3, 0.4) is 0 Å². The lowest BCUT2D eigenvalue weighted by Crippen LogP contribution is -2.31. The third-order valence-electron chi connectivity index (χ3n) is 2.69. The molecule has 0 aromatic carbocycles. The van der Waals surface area contributed by atoms with Gasteiger partial charge in [-0.05, 0) is 12.5 Å². The molecular formula is C12H14O5. The number of carbonyl (C=O) groups excluding carboxylic acids is 2. The van der Waals surface area contributed by atoms with Crippen LogP contribution in [-0.4, -0.2) is 18.0 Å². The summed E-state index contributed by atoms with van der Waals surface area (Å²) in [6.45, 7) is 2.68. The second-order valence-electron chi connectivity index (χ2n) is 4.02. The lowest BCUT2D eigenvalue weighted by molar-refractivity contribution is -0.167. The molecule has 1 aliphatic carbocycles. The number of fused-ring (bicyclic) bond motifs is 1. The van der Waals surface area contributed by atoms with Crippen LogP contribution in [0.5, 0.6) is 0 Å². The Hall–Kier alpha value is -1.78. The van der Waals surface area contributed by atoms with E-state index in [4.69, 9.17) is 13.9 Å². The molecule has 0 aliphatic heterocycles. The molecule has 2 atom stereocenters. The number of esters is 2. The van der Waals surface area contributed by atoms with Gasteiger partial charge >= 0.3 is 11.9 Å². The quantitative estimate of drug-likeness (QED) is 0.734. The van der Waals surface area contributed by atoms with Gasteiger partial charge in [-0.1, -0.05) is 0 Å². The van der Waals surface area contributed by atoms with E-state index in [0.717, 1.165) is 11.3 Å². The van der Waals surface area contributed by atoms with Gasteiger partial charge in [-0.2, -0.15) is 0 Å². The van der Waals surface area contributed by atoms with Crippen LogP contribution in [0.25, 0.3) is 0 Å². The molecule has 2 rings (SSSR count). The zero-order valence-electron chi connectivity index (χ0n) is 9.76. The van der Waals surface area contributed by atoms with Crippen LogP contribution in [-0.2, 0) is 25.5 Å². The van der Waals surface area contributed by atoms with Crippen molar-refractivity contribution in [3.8, 4) is 0 Å². The Kier molecular flexibility index (Phi) is 3.17. The largest absolute Gasteiger partial charge is 0.469 e. The summed E-state index contributed by atoms with van der Waals surface area (Å²) in [5.74, 6) is 0.0138. The van der Waals surface area contributed by atoms with E-state index in [9.17, 15) is 9.59 Å². The number of furan rings is 1. The molecule has 0 saturated heterocycles. The first kappa shape index (κ1) is 11.7. The van der Waals surface area contributed by atoms with Gasteiger partial charge in [0.05, 0.1) is 6.26 Å². The fourth-order valence-electron chi connectivity index (χ4n) is 2.08. The van der Waals surface area contributed by atoms with Crippen LogP contribution in [0.4, 0.5) is 0 Å². The molecule has 1 aliphatic rings. The summed E-state index contributed by atoms with van der Waals surface area (Å²) in [7, 11) is 0. The van der Waals surface area contributed by atoms with Gasteiger partial charge in [-0.15, -0.1) is 0 Å². The molecule has 1 aromatic rings. The summed E-state index contributed by atoms with van der Waals surface area (Å²) in [5.41, 5.74) is 0.790. The minimum atomic E-state index is -0.557. The number of hydrogen-bond donors (Lipinski definition) is 0. The van der Waals surface area contributed by atoms with Gasteiger partial charge in [0.25, 0.3) is 0 Å². The summed E-state index contributed by atoms with van der Waals surface area (Å²) in [6, 6.07) is 1.75. The molecule has 0 radical (unpaired) electrons. The van der Waals surface area contributed by atoms with E-state index in [1.165, 1.54) is 13.8 Å². The van der Waals surface area contributed by atoms with Gasteiger partial charge in [0.1, 0.15) is 11.9 Å². The van der Waals surface area contributed by atoms with E-state index in [1.807, 2.05) is 0 Å². The molecule has 0 amide bonds. The van der Waals surface area contributed by atoms with E-state index in [-0.39, 0.29) is 5.97 Å². The molecule has 92 valence electrons. The SMILES string of the molecule is CC(=O)O[C@H]1CCc2occc2[C@H]1OC(C)=O. The Bertz CT molecular complexity index is 434. The third kappa shape index (κ3) is 2.49. The van der Waals surface area contributed by atoms with Crippen molar-refractivity contribution in [2.75, 3.05) is 0 Å². The number of ether oxygens (including phenoxy) is 2. The maximum absolute atomic E-state index is 11.1. The van der Waals surface area contributed by atoms with E-state index in [0.29, 0.717) is 12.8 Å². The van der Waals surface area contributed by atoms with E-state index >= 15 is 0 Å². The Morgan fingerprint density at radius 1 is 1.29 bits per heavy atom. The van der Waals surface area contributed by atoms with Crippen LogP contribution in [0.15, 0.2) is 16.7 Å². The van der Waals surface area contributed by atoms with Gasteiger partial charge in [0, 0.05) is 25.8 Å². The van der Waals surface area contributed by atoms with Crippen LogP contribution in [0.1, 0.15) is 37.7 Å². The second-order valence-corrected chi connectivity index (χ2v) is 4.02. The Balaban J connectivity index is 2.24. The van der Waals surface area contributed by atoms with Crippen molar-refractivity contribution in [3.05, 3.63) is 23.7 Å². The molecule has 0 fully saturated rings. The van der Waals surface area contributed by atoms with Gasteiger partial charge < -0.3 is 13.9 Å². The highest BCUT2D eigenvalue weighted by molar-refractivity contribution is 5.67. The number of hydrogen-bond acceptors (Lipinski definition) is 5. The lowest BCUT2D eigenvalue weighted by atomic mass is 9.92. The van der Waals surface area contributed by atoms with Gasteiger partial charge in [-0.3, -0.25) is 9.59 Å². The highest BCUT2D eigenvalue weighted by Crippen LogP contribution is 2.35. The maximum atomic E-state index is 11.1. The predicted molar refractivity (Wildman–Crippen MR) is 57.1 cm³/mol. The molecular weight excluding hydrogens is 224 g/mol. The molecule has 1 aromatic heterocycles. The minimum Gasteiger partial charge on any atom is -0.469 e. The highest BCUT2D eigenvalue weighted by atomic mass is 16.6. The fourth-order valence-corrected chi connectivity index (χ4v) is 2.08. The van der Waals surface area contributed by atoms with Crippen LogP contribution in [0.2, 0.25) is 0 Å². The highest BCUT2D eigenvalue weighted by Gasteiger charge is 2.35. The second kappa shape index (κ2) is 4.61. The number of aryl methyl sites for hydroxylation is 1. The molecule has 5 heteroatoms. The smallest absolute Gasteiger partial charge is 0.303 e. The minimum absolute atomic E-state index is 0.376. The first-order chi connectivity index (χ1) is 8.08.